The summed E-state index contributed by atoms with van der Waals surface area (Å²) in [6.07, 6.45) is 4.26. The summed E-state index contributed by atoms with van der Waals surface area (Å²) in [4.78, 5) is 11.4. The van der Waals surface area contributed by atoms with Crippen LogP contribution in [-0.4, -0.2) is 37.9 Å². The molecular weight excluding hydrogens is 312 g/mol. The number of aliphatic hydroxyl groups excluding tert-OH is 1. The maximum Gasteiger partial charge on any atom is 0.337 e. The first-order valence-electron chi connectivity index (χ1n) is 7.94. The molecule has 0 amide bonds. The second kappa shape index (κ2) is 7.19. The number of ether oxygens (including phenoxy) is 2. The minimum absolute atomic E-state index is 0.159. The molecule has 0 aliphatic carbocycles. The molecule has 1 aliphatic rings. The number of hydrogen-bond acceptors (Lipinski definition) is 5. The summed E-state index contributed by atoms with van der Waals surface area (Å²) in [5.41, 5.74) is 0. The fourth-order valence-electron chi connectivity index (χ4n) is 1.83. The van der Waals surface area contributed by atoms with Crippen molar-refractivity contribution in [2.24, 2.45) is 0 Å². The molecule has 0 aromatic carbocycles. The van der Waals surface area contributed by atoms with E-state index in [1.54, 1.807) is 19.9 Å². The van der Waals surface area contributed by atoms with Gasteiger partial charge in [-0.3, -0.25) is 0 Å². The van der Waals surface area contributed by atoms with Gasteiger partial charge in [0.2, 0.25) is 5.79 Å². The average Bonchev–Trinajstić information content (AvgIpc) is 2.30. The molecule has 0 unspecified atom stereocenters. The van der Waals surface area contributed by atoms with E-state index in [-0.39, 0.29) is 11.5 Å². The molecule has 1 aliphatic heterocycles. The van der Waals surface area contributed by atoms with E-state index < -0.39 is 26.2 Å². The molecule has 0 bridgehead atoms. The number of esters is 1. The van der Waals surface area contributed by atoms with Crippen LogP contribution in [0.2, 0.25) is 18.1 Å². The van der Waals surface area contributed by atoms with Crippen LogP contribution in [-0.2, 0) is 18.7 Å². The van der Waals surface area contributed by atoms with Crippen LogP contribution < -0.4 is 0 Å². The van der Waals surface area contributed by atoms with E-state index in [0.29, 0.717) is 12.4 Å². The van der Waals surface area contributed by atoms with Gasteiger partial charge in [0.25, 0.3) is 0 Å². The lowest BCUT2D eigenvalue weighted by Gasteiger charge is -2.35. The summed E-state index contributed by atoms with van der Waals surface area (Å²) >= 11 is 0. The van der Waals surface area contributed by atoms with Crippen LogP contribution >= 0.6 is 0 Å². The average molecular weight is 343 g/mol. The molecule has 0 aromatic rings. The van der Waals surface area contributed by atoms with Crippen molar-refractivity contribution in [1.82, 2.24) is 0 Å². The Bertz CT molecular complexity index is 486. The van der Waals surface area contributed by atoms with Gasteiger partial charge in [0.05, 0.1) is 18.8 Å². The van der Waals surface area contributed by atoms with Gasteiger partial charge in [-0.05, 0) is 18.1 Å². The van der Waals surface area contributed by atoms with E-state index in [1.807, 2.05) is 6.08 Å². The van der Waals surface area contributed by atoms with Crippen LogP contribution in [0.15, 0.2) is 24.0 Å². The smallest absolute Gasteiger partial charge is 0.337 e. The van der Waals surface area contributed by atoms with Crippen LogP contribution in [0.5, 0.6) is 0 Å². The first-order chi connectivity index (χ1) is 10.3. The quantitative estimate of drug-likeness (QED) is 0.454. The molecule has 0 spiro atoms. The third-order valence-corrected chi connectivity index (χ3v) is 8.62. The van der Waals surface area contributed by atoms with Gasteiger partial charge in [-0.2, -0.15) is 0 Å². The molecule has 0 fully saturated rings. The van der Waals surface area contributed by atoms with Crippen LogP contribution in [0, 0.1) is 0 Å². The van der Waals surface area contributed by atoms with Gasteiger partial charge in [0.15, 0.2) is 8.32 Å². The predicted molar refractivity (Wildman–Crippen MR) is 92.3 cm³/mol. The van der Waals surface area contributed by atoms with Crippen LogP contribution in [0.3, 0.4) is 0 Å². The molecule has 23 heavy (non-hydrogen) atoms. The molecule has 0 aromatic heterocycles. The lowest BCUT2D eigenvalue weighted by atomic mass is 10.2. The Balaban J connectivity index is 2.48. The van der Waals surface area contributed by atoms with Gasteiger partial charge in [-0.15, -0.1) is 0 Å². The third kappa shape index (κ3) is 6.49. The maximum absolute atomic E-state index is 11.4. The summed E-state index contributed by atoms with van der Waals surface area (Å²) in [6, 6.07) is 0. The zero-order valence-corrected chi connectivity index (χ0v) is 16.3. The normalized spacial score (nSPS) is 20.0. The number of carbonyl (C=O) groups excluding carboxylic acids is 1. The minimum Gasteiger partial charge on any atom is -0.457 e. The van der Waals surface area contributed by atoms with Crippen molar-refractivity contribution in [2.75, 3.05) is 6.61 Å². The topological polar surface area (TPSA) is 65.0 Å². The molecule has 0 saturated heterocycles. The van der Waals surface area contributed by atoms with E-state index in [4.69, 9.17) is 13.9 Å². The molecule has 132 valence electrons. The second-order valence-corrected chi connectivity index (χ2v) is 12.6. The predicted octanol–water partition coefficient (Wildman–Crippen LogP) is 3.51. The zero-order valence-electron chi connectivity index (χ0n) is 15.3. The van der Waals surface area contributed by atoms with Gasteiger partial charge in [-0.1, -0.05) is 32.9 Å². The molecular formula is C17H30O5Si. The van der Waals surface area contributed by atoms with Crippen molar-refractivity contribution in [3.8, 4) is 0 Å². The van der Waals surface area contributed by atoms with Crippen LogP contribution in [0.1, 0.15) is 41.0 Å². The maximum atomic E-state index is 11.4. The Kier molecular flexibility index (Phi) is 6.23. The fraction of sp³-hybridized carbons (Fsp3) is 0.706. The highest BCUT2D eigenvalue weighted by atomic mass is 28.4. The summed E-state index contributed by atoms with van der Waals surface area (Å²) in [5.74, 6) is -1.02. The zero-order chi connectivity index (χ0) is 17.9. The monoisotopic (exact) mass is 342 g/mol. The van der Waals surface area contributed by atoms with Crippen molar-refractivity contribution >= 4 is 14.3 Å². The van der Waals surface area contributed by atoms with Gasteiger partial charge >= 0.3 is 5.97 Å². The number of cyclic esters (lactones) is 1. The Hall–Kier alpha value is -1.11. The molecule has 1 atom stereocenters. The molecule has 5 nitrogen and oxygen atoms in total. The lowest BCUT2D eigenvalue weighted by Crippen LogP contribution is -2.40. The highest BCUT2D eigenvalue weighted by molar-refractivity contribution is 6.74. The Morgan fingerprint density at radius 1 is 1.35 bits per heavy atom. The van der Waals surface area contributed by atoms with Crippen molar-refractivity contribution in [1.29, 1.82) is 0 Å². The van der Waals surface area contributed by atoms with E-state index in [9.17, 15) is 9.90 Å². The van der Waals surface area contributed by atoms with Crippen LogP contribution in [0.4, 0.5) is 0 Å². The number of aliphatic hydroxyl groups is 1. The lowest BCUT2D eigenvalue weighted by molar-refractivity contribution is -0.206. The standard InChI is InChI=1S/C17H30O5Si/c1-16(2,3)23(6,7)20-10-8-9-13(18)11-14-12-15(19)22-17(4,5)21-14/h8-9,12-13,18H,10-11H2,1-7H3/b9-8-/t13-/m0/s1. The molecule has 1 heterocycles. The summed E-state index contributed by atoms with van der Waals surface area (Å²) in [5, 5.41) is 10.2. The Labute approximate surface area is 140 Å². The third-order valence-electron chi connectivity index (χ3n) is 4.12. The number of carbonyl (C=O) groups is 1. The Morgan fingerprint density at radius 3 is 2.48 bits per heavy atom. The van der Waals surface area contributed by atoms with E-state index in [2.05, 4.69) is 33.9 Å². The molecule has 0 radical (unpaired) electrons. The fourth-order valence-corrected chi connectivity index (χ4v) is 2.78. The van der Waals surface area contributed by atoms with E-state index >= 15 is 0 Å². The van der Waals surface area contributed by atoms with Gasteiger partial charge in [0, 0.05) is 20.3 Å². The minimum atomic E-state index is -1.78. The molecule has 0 saturated carbocycles. The first kappa shape index (κ1) is 19.9. The largest absolute Gasteiger partial charge is 0.457 e. The van der Waals surface area contributed by atoms with E-state index in [1.165, 1.54) is 6.08 Å². The van der Waals surface area contributed by atoms with Crippen molar-refractivity contribution in [3.63, 3.8) is 0 Å². The summed E-state index contributed by atoms with van der Waals surface area (Å²) < 4.78 is 16.5. The molecule has 1 N–H and O–H groups in total. The number of rotatable bonds is 6. The SMILES string of the molecule is CC1(C)OC(=O)C=C(C[C@@H](O)/C=C\CO[Si](C)(C)C(C)(C)C)O1. The first-order valence-corrected chi connectivity index (χ1v) is 10.8. The van der Waals surface area contributed by atoms with Gasteiger partial charge in [-0.25, -0.2) is 4.79 Å². The van der Waals surface area contributed by atoms with Crippen molar-refractivity contribution in [3.05, 3.63) is 24.0 Å². The van der Waals surface area contributed by atoms with Crippen molar-refractivity contribution < 1.29 is 23.8 Å². The Morgan fingerprint density at radius 2 is 1.96 bits per heavy atom. The summed E-state index contributed by atoms with van der Waals surface area (Å²) in [7, 11) is -1.78. The van der Waals surface area contributed by atoms with Crippen molar-refractivity contribution in [2.45, 2.75) is 71.1 Å². The van der Waals surface area contributed by atoms with Crippen LogP contribution in [0.25, 0.3) is 0 Å². The molecule has 6 heteroatoms. The second-order valence-electron chi connectivity index (χ2n) is 7.80. The summed E-state index contributed by atoms with van der Waals surface area (Å²) in [6.45, 7) is 14.7. The highest BCUT2D eigenvalue weighted by Crippen LogP contribution is 2.36. The van der Waals surface area contributed by atoms with Gasteiger partial charge < -0.3 is 19.0 Å². The highest BCUT2D eigenvalue weighted by Gasteiger charge is 2.36. The van der Waals surface area contributed by atoms with E-state index in [0.717, 1.165) is 0 Å². The van der Waals surface area contributed by atoms with Gasteiger partial charge in [0.1, 0.15) is 5.76 Å². The number of hydrogen-bond donors (Lipinski definition) is 1. The molecule has 1 rings (SSSR count).